The van der Waals surface area contributed by atoms with Crippen LogP contribution in [0.25, 0.3) is 106 Å². The molecule has 0 unspecified atom stereocenters. The van der Waals surface area contributed by atoms with Gasteiger partial charge in [0.25, 0.3) is 0 Å². The zero-order valence-corrected chi connectivity index (χ0v) is 30.2. The predicted molar refractivity (Wildman–Crippen MR) is 228 cm³/mol. The molecule has 0 fully saturated rings. The molecule has 5 nitrogen and oxygen atoms in total. The number of rotatable bonds is 6. The minimum absolute atomic E-state index is 0.640. The van der Waals surface area contributed by atoms with Gasteiger partial charge in [-0.25, -0.2) is 14.5 Å². The molecule has 0 radical (unpaired) electrons. The van der Waals surface area contributed by atoms with E-state index in [0.717, 1.165) is 99.9 Å². The van der Waals surface area contributed by atoms with Gasteiger partial charge >= 0.3 is 0 Å². The fourth-order valence-electron chi connectivity index (χ4n) is 7.98. The molecule has 262 valence electrons. The minimum atomic E-state index is 0.640. The van der Waals surface area contributed by atoms with E-state index in [1.807, 2.05) is 42.5 Å². The van der Waals surface area contributed by atoms with Crippen LogP contribution in [-0.2, 0) is 0 Å². The first-order valence-corrected chi connectivity index (χ1v) is 18.8. The van der Waals surface area contributed by atoms with Crippen LogP contribution < -0.4 is 0 Å². The van der Waals surface area contributed by atoms with Gasteiger partial charge in [0.05, 0.1) is 22.6 Å². The molecule has 7 aromatic carbocycles. The van der Waals surface area contributed by atoms with Crippen molar-refractivity contribution in [2.45, 2.75) is 0 Å². The van der Waals surface area contributed by atoms with E-state index in [9.17, 15) is 0 Å². The highest BCUT2D eigenvalue weighted by Gasteiger charge is 2.22. The summed E-state index contributed by atoms with van der Waals surface area (Å²) in [5.74, 6) is 0.640. The largest absolute Gasteiger partial charge is 0.455 e. The molecule has 0 spiro atoms. The van der Waals surface area contributed by atoms with Crippen molar-refractivity contribution >= 4 is 38.2 Å². The Balaban J connectivity index is 1.11. The van der Waals surface area contributed by atoms with Gasteiger partial charge in [0.2, 0.25) is 0 Å². The monoisotopic (exact) mass is 716 g/mol. The van der Waals surface area contributed by atoms with Crippen molar-refractivity contribution in [1.82, 2.24) is 19.6 Å². The van der Waals surface area contributed by atoms with Crippen molar-refractivity contribution in [3.8, 4) is 67.5 Å². The first-order valence-electron chi connectivity index (χ1n) is 18.8. The summed E-state index contributed by atoms with van der Waals surface area (Å²) in [7, 11) is 0. The lowest BCUT2D eigenvalue weighted by Gasteiger charge is -2.12. The van der Waals surface area contributed by atoms with Crippen molar-refractivity contribution < 1.29 is 4.42 Å². The number of furan rings is 1. The maximum atomic E-state index is 6.47. The molecule has 0 amide bonds. The molecule has 0 aliphatic rings. The Morgan fingerprint density at radius 1 is 0.429 bits per heavy atom. The number of benzene rings is 7. The number of pyridine rings is 1. The van der Waals surface area contributed by atoms with Gasteiger partial charge in [0.15, 0.2) is 5.82 Å². The fraction of sp³-hybridized carbons (Fsp3) is 0. The van der Waals surface area contributed by atoms with Crippen molar-refractivity contribution in [2.24, 2.45) is 0 Å². The van der Waals surface area contributed by atoms with E-state index in [-0.39, 0.29) is 0 Å². The van der Waals surface area contributed by atoms with Gasteiger partial charge in [0, 0.05) is 49.5 Å². The molecule has 0 aliphatic carbocycles. The van der Waals surface area contributed by atoms with Gasteiger partial charge in [-0.05, 0) is 35.2 Å². The standard InChI is InChI=1S/C51H32N4O/c1-4-15-33(16-5-1)43-32-44(42-25-14-24-41-40-23-12-13-26-46(40)56-50(41)42)53-51(52-43)37-29-27-35(28-30-37)47-48(36-19-8-3-9-20-36)54-55-45(34-17-6-2-7-18-34)31-38-21-10-11-22-39(38)49(47)55/h1-32H. The third kappa shape index (κ3) is 5.29. The highest BCUT2D eigenvalue weighted by molar-refractivity contribution is 6.10. The van der Waals surface area contributed by atoms with Crippen molar-refractivity contribution in [1.29, 1.82) is 0 Å². The Bertz CT molecular complexity index is 3220. The van der Waals surface area contributed by atoms with Gasteiger partial charge in [-0.1, -0.05) is 170 Å². The molecule has 56 heavy (non-hydrogen) atoms. The molecule has 0 aliphatic heterocycles. The number of nitrogens with zero attached hydrogens (tertiary/aromatic N) is 4. The Hall–Kier alpha value is -7.63. The Morgan fingerprint density at radius 2 is 1.04 bits per heavy atom. The zero-order chi connectivity index (χ0) is 37.0. The number of fused-ring (bicyclic) bond motifs is 6. The lowest BCUT2D eigenvalue weighted by atomic mass is 9.96. The smallest absolute Gasteiger partial charge is 0.160 e. The van der Waals surface area contributed by atoms with Gasteiger partial charge < -0.3 is 4.42 Å². The van der Waals surface area contributed by atoms with E-state index in [2.05, 4.69) is 156 Å². The van der Waals surface area contributed by atoms with E-state index in [1.165, 1.54) is 0 Å². The maximum absolute atomic E-state index is 6.47. The lowest BCUT2D eigenvalue weighted by Crippen LogP contribution is -1.96. The van der Waals surface area contributed by atoms with E-state index in [4.69, 9.17) is 19.5 Å². The highest BCUT2D eigenvalue weighted by Crippen LogP contribution is 2.42. The molecule has 0 saturated carbocycles. The Labute approximate surface area is 322 Å². The van der Waals surface area contributed by atoms with Crippen LogP contribution in [0, 0.1) is 0 Å². The van der Waals surface area contributed by atoms with Crippen LogP contribution in [0.1, 0.15) is 0 Å². The minimum Gasteiger partial charge on any atom is -0.455 e. The molecule has 5 heteroatoms. The molecule has 11 rings (SSSR count). The highest BCUT2D eigenvalue weighted by atomic mass is 16.3. The van der Waals surface area contributed by atoms with Crippen LogP contribution in [0.2, 0.25) is 0 Å². The number of hydrogen-bond acceptors (Lipinski definition) is 4. The molecule has 11 aromatic rings. The third-order valence-electron chi connectivity index (χ3n) is 10.6. The number of aromatic nitrogens is 4. The molecular formula is C51H32N4O. The first kappa shape index (κ1) is 31.9. The van der Waals surface area contributed by atoms with E-state index < -0.39 is 0 Å². The van der Waals surface area contributed by atoms with E-state index >= 15 is 0 Å². The van der Waals surface area contributed by atoms with Crippen LogP contribution in [0.5, 0.6) is 0 Å². The van der Waals surface area contributed by atoms with Gasteiger partial charge in [-0.2, -0.15) is 5.10 Å². The summed E-state index contributed by atoms with van der Waals surface area (Å²) in [6.07, 6.45) is 0. The van der Waals surface area contributed by atoms with Crippen LogP contribution >= 0.6 is 0 Å². The molecule has 0 saturated heterocycles. The molecule has 0 atom stereocenters. The summed E-state index contributed by atoms with van der Waals surface area (Å²) in [6.45, 7) is 0. The first-order chi connectivity index (χ1) is 27.8. The predicted octanol–water partition coefficient (Wildman–Crippen LogP) is 13.2. The van der Waals surface area contributed by atoms with Crippen LogP contribution in [0.15, 0.2) is 199 Å². The number of para-hydroxylation sites is 2. The van der Waals surface area contributed by atoms with Crippen molar-refractivity contribution in [3.05, 3.63) is 194 Å². The second-order valence-corrected chi connectivity index (χ2v) is 14.0. The topological polar surface area (TPSA) is 56.2 Å². The number of hydrogen-bond donors (Lipinski definition) is 0. The maximum Gasteiger partial charge on any atom is 0.160 e. The van der Waals surface area contributed by atoms with Gasteiger partial charge in [0.1, 0.15) is 16.9 Å². The summed E-state index contributed by atoms with van der Waals surface area (Å²) in [4.78, 5) is 10.4. The second kappa shape index (κ2) is 13.0. The molecule has 0 N–H and O–H groups in total. The van der Waals surface area contributed by atoms with Crippen LogP contribution in [0.4, 0.5) is 0 Å². The average molecular weight is 717 g/mol. The summed E-state index contributed by atoms with van der Waals surface area (Å²) < 4.78 is 8.59. The van der Waals surface area contributed by atoms with Gasteiger partial charge in [-0.3, -0.25) is 0 Å². The lowest BCUT2D eigenvalue weighted by molar-refractivity contribution is 0.670. The summed E-state index contributed by atoms with van der Waals surface area (Å²) >= 11 is 0. The van der Waals surface area contributed by atoms with Crippen LogP contribution in [0.3, 0.4) is 0 Å². The SMILES string of the molecule is c1ccc(-c2cc(-c3cccc4c3oc3ccccc34)nc(-c3ccc(-c4c(-c5ccccc5)nn5c(-c6ccccc6)cc6ccccc6c45)cc3)n2)cc1. The van der Waals surface area contributed by atoms with Gasteiger partial charge in [-0.15, -0.1) is 0 Å². The molecule has 4 aromatic heterocycles. The summed E-state index contributed by atoms with van der Waals surface area (Å²) in [6, 6.07) is 67.2. The van der Waals surface area contributed by atoms with Crippen LogP contribution in [-0.4, -0.2) is 19.6 Å². The zero-order valence-electron chi connectivity index (χ0n) is 30.2. The second-order valence-electron chi connectivity index (χ2n) is 14.0. The van der Waals surface area contributed by atoms with E-state index in [0.29, 0.717) is 5.82 Å². The molecular weight excluding hydrogens is 685 g/mol. The molecule has 4 heterocycles. The normalized spacial score (nSPS) is 11.6. The third-order valence-corrected chi connectivity index (χ3v) is 10.6. The fourth-order valence-corrected chi connectivity index (χ4v) is 7.98. The van der Waals surface area contributed by atoms with Crippen molar-refractivity contribution in [3.63, 3.8) is 0 Å². The van der Waals surface area contributed by atoms with E-state index in [1.54, 1.807) is 0 Å². The quantitative estimate of drug-likeness (QED) is 0.172. The van der Waals surface area contributed by atoms with Crippen molar-refractivity contribution in [2.75, 3.05) is 0 Å². The molecule has 0 bridgehead atoms. The summed E-state index contributed by atoms with van der Waals surface area (Å²) in [5, 5.41) is 9.84. The summed E-state index contributed by atoms with van der Waals surface area (Å²) in [5.41, 5.74) is 13.5. The average Bonchev–Trinajstić information content (AvgIpc) is 3.87. The Morgan fingerprint density at radius 3 is 1.80 bits per heavy atom. The Kier molecular flexibility index (Phi) is 7.42.